The van der Waals surface area contributed by atoms with Crippen LogP contribution in [0.2, 0.25) is 0 Å². The van der Waals surface area contributed by atoms with E-state index in [0.717, 1.165) is 11.1 Å². The van der Waals surface area contributed by atoms with E-state index in [-0.39, 0.29) is 23.0 Å². The molecule has 1 fully saturated rings. The normalized spacial score (nSPS) is 23.6. The third kappa shape index (κ3) is 3.75. The summed E-state index contributed by atoms with van der Waals surface area (Å²) in [7, 11) is -3.69. The summed E-state index contributed by atoms with van der Waals surface area (Å²) in [5.41, 5.74) is 1.93. The van der Waals surface area contributed by atoms with Crippen molar-refractivity contribution in [3.05, 3.63) is 29.3 Å². The van der Waals surface area contributed by atoms with Crippen LogP contribution < -0.4 is 0 Å². The van der Waals surface area contributed by atoms with Gasteiger partial charge in [0.15, 0.2) is 9.84 Å². The van der Waals surface area contributed by atoms with Gasteiger partial charge in [0.1, 0.15) is 5.25 Å². The number of aryl methyl sites for hydroxylation is 2. The van der Waals surface area contributed by atoms with E-state index in [4.69, 9.17) is 4.74 Å². The summed E-state index contributed by atoms with van der Waals surface area (Å²) in [4.78, 5) is 14.5. The fourth-order valence-corrected chi connectivity index (χ4v) is 4.26. The minimum atomic E-state index is -3.69. The maximum absolute atomic E-state index is 12.8. The van der Waals surface area contributed by atoms with Crippen molar-refractivity contribution in [2.75, 3.05) is 13.1 Å². The number of hydrogen-bond donors (Lipinski definition) is 0. The molecular formula is C17H25NO4S. The lowest BCUT2D eigenvalue weighted by Gasteiger charge is -2.36. The fraction of sp³-hybridized carbons (Fsp3) is 0.588. The molecule has 0 radical (unpaired) electrons. The molecule has 0 saturated carbocycles. The van der Waals surface area contributed by atoms with Crippen LogP contribution in [0, 0.1) is 13.8 Å². The number of hydrogen-bond acceptors (Lipinski definition) is 4. The lowest BCUT2D eigenvalue weighted by Crippen LogP contribution is -2.52. The monoisotopic (exact) mass is 339 g/mol. The Morgan fingerprint density at radius 1 is 1.17 bits per heavy atom. The van der Waals surface area contributed by atoms with Gasteiger partial charge in [0.25, 0.3) is 0 Å². The number of morpholine rings is 1. The lowest BCUT2D eigenvalue weighted by molar-refractivity contribution is -0.142. The van der Waals surface area contributed by atoms with Gasteiger partial charge in [-0.1, -0.05) is 6.07 Å². The van der Waals surface area contributed by atoms with Crippen molar-refractivity contribution in [2.45, 2.75) is 57.0 Å². The molecule has 2 rings (SSSR count). The minimum absolute atomic E-state index is 0.0841. The predicted molar refractivity (Wildman–Crippen MR) is 89.2 cm³/mol. The van der Waals surface area contributed by atoms with Crippen molar-refractivity contribution in [3.8, 4) is 0 Å². The number of sulfone groups is 1. The standard InChI is InChI=1S/C17H25NO4S/c1-11-6-7-16(8-12(11)2)23(20,21)15(5)17(19)18-9-13(3)22-14(4)10-18/h6-8,13-15H,9-10H2,1-5H3. The van der Waals surface area contributed by atoms with Crippen LogP contribution in [0.25, 0.3) is 0 Å². The Labute approximate surface area is 138 Å². The summed E-state index contributed by atoms with van der Waals surface area (Å²) >= 11 is 0. The first-order valence-corrected chi connectivity index (χ1v) is 9.43. The van der Waals surface area contributed by atoms with E-state index in [1.165, 1.54) is 6.92 Å². The van der Waals surface area contributed by atoms with Gasteiger partial charge < -0.3 is 9.64 Å². The molecule has 6 heteroatoms. The molecule has 3 unspecified atom stereocenters. The van der Waals surface area contributed by atoms with Crippen molar-refractivity contribution in [1.29, 1.82) is 0 Å². The fourth-order valence-electron chi connectivity index (χ4n) is 2.84. The van der Waals surface area contributed by atoms with Crippen molar-refractivity contribution in [3.63, 3.8) is 0 Å². The van der Waals surface area contributed by atoms with Gasteiger partial charge in [0.2, 0.25) is 5.91 Å². The zero-order valence-electron chi connectivity index (χ0n) is 14.4. The van der Waals surface area contributed by atoms with Gasteiger partial charge in [-0.25, -0.2) is 8.42 Å². The summed E-state index contributed by atoms with van der Waals surface area (Å²) in [6.45, 7) is 9.89. The van der Waals surface area contributed by atoms with Gasteiger partial charge >= 0.3 is 0 Å². The molecule has 0 bridgehead atoms. The molecule has 1 amide bonds. The molecule has 0 N–H and O–H groups in total. The Morgan fingerprint density at radius 2 is 1.74 bits per heavy atom. The summed E-state index contributed by atoms with van der Waals surface area (Å²) in [5, 5.41) is -1.10. The summed E-state index contributed by atoms with van der Waals surface area (Å²) < 4.78 is 31.1. The average molecular weight is 339 g/mol. The Balaban J connectivity index is 2.25. The third-order valence-electron chi connectivity index (χ3n) is 4.35. The molecule has 1 heterocycles. The van der Waals surface area contributed by atoms with E-state index >= 15 is 0 Å². The second kappa shape index (κ2) is 6.61. The molecule has 0 spiro atoms. The van der Waals surface area contributed by atoms with Crippen molar-refractivity contribution < 1.29 is 17.9 Å². The lowest BCUT2D eigenvalue weighted by atomic mass is 10.1. The van der Waals surface area contributed by atoms with E-state index in [1.807, 2.05) is 27.7 Å². The van der Waals surface area contributed by atoms with E-state index in [9.17, 15) is 13.2 Å². The van der Waals surface area contributed by atoms with Crippen LogP contribution in [0.5, 0.6) is 0 Å². The van der Waals surface area contributed by atoms with Crippen molar-refractivity contribution >= 4 is 15.7 Å². The van der Waals surface area contributed by atoms with E-state index in [2.05, 4.69) is 0 Å². The van der Waals surface area contributed by atoms with Crippen LogP contribution in [0.4, 0.5) is 0 Å². The van der Waals surface area contributed by atoms with Crippen LogP contribution in [-0.2, 0) is 19.4 Å². The average Bonchev–Trinajstić information content (AvgIpc) is 2.47. The first kappa shape index (κ1) is 17.9. The number of nitrogens with zero attached hydrogens (tertiary/aromatic N) is 1. The second-order valence-corrected chi connectivity index (χ2v) is 8.70. The minimum Gasteiger partial charge on any atom is -0.372 e. The molecular weight excluding hydrogens is 314 g/mol. The maximum atomic E-state index is 12.8. The molecule has 1 aromatic carbocycles. The van der Waals surface area contributed by atoms with Gasteiger partial charge in [0.05, 0.1) is 17.1 Å². The van der Waals surface area contributed by atoms with Gasteiger partial charge in [-0.15, -0.1) is 0 Å². The van der Waals surface area contributed by atoms with E-state index in [0.29, 0.717) is 13.1 Å². The predicted octanol–water partition coefficient (Wildman–Crippen LogP) is 2.10. The van der Waals surface area contributed by atoms with Gasteiger partial charge in [0, 0.05) is 13.1 Å². The quantitative estimate of drug-likeness (QED) is 0.846. The number of amides is 1. The highest BCUT2D eigenvalue weighted by Gasteiger charge is 2.36. The first-order valence-electron chi connectivity index (χ1n) is 7.88. The van der Waals surface area contributed by atoms with Crippen LogP contribution in [0.15, 0.2) is 23.1 Å². The Morgan fingerprint density at radius 3 is 2.26 bits per heavy atom. The number of carbonyl (C=O) groups is 1. The van der Waals surface area contributed by atoms with E-state index in [1.54, 1.807) is 23.1 Å². The Bertz CT molecular complexity index is 689. The van der Waals surface area contributed by atoms with Crippen molar-refractivity contribution in [1.82, 2.24) is 4.90 Å². The molecule has 1 aliphatic heterocycles. The molecule has 1 saturated heterocycles. The van der Waals surface area contributed by atoms with Gasteiger partial charge in [-0.2, -0.15) is 0 Å². The molecule has 128 valence electrons. The SMILES string of the molecule is Cc1ccc(S(=O)(=O)C(C)C(=O)N2CC(C)OC(C)C2)cc1C. The molecule has 23 heavy (non-hydrogen) atoms. The number of rotatable bonds is 3. The molecule has 1 aromatic rings. The van der Waals surface area contributed by atoms with E-state index < -0.39 is 15.1 Å². The number of ether oxygens (including phenoxy) is 1. The zero-order valence-corrected chi connectivity index (χ0v) is 15.2. The molecule has 0 aliphatic carbocycles. The molecule has 0 aromatic heterocycles. The molecule has 5 nitrogen and oxygen atoms in total. The molecule has 1 aliphatic rings. The van der Waals surface area contributed by atoms with Gasteiger partial charge in [-0.05, 0) is 57.9 Å². The highest BCUT2D eigenvalue weighted by Crippen LogP contribution is 2.22. The highest BCUT2D eigenvalue weighted by atomic mass is 32.2. The third-order valence-corrected chi connectivity index (χ3v) is 6.39. The zero-order chi connectivity index (χ0) is 17.4. The van der Waals surface area contributed by atoms with Crippen LogP contribution in [0.3, 0.4) is 0 Å². The maximum Gasteiger partial charge on any atom is 0.241 e. The van der Waals surface area contributed by atoms with Crippen LogP contribution in [0.1, 0.15) is 31.9 Å². The van der Waals surface area contributed by atoms with Gasteiger partial charge in [-0.3, -0.25) is 4.79 Å². The summed E-state index contributed by atoms with van der Waals surface area (Å²) in [6.07, 6.45) is -0.168. The second-order valence-electron chi connectivity index (χ2n) is 6.43. The van der Waals surface area contributed by atoms with Crippen LogP contribution in [-0.4, -0.2) is 49.8 Å². The number of carbonyl (C=O) groups excluding carboxylic acids is 1. The smallest absolute Gasteiger partial charge is 0.241 e. The summed E-state index contributed by atoms with van der Waals surface area (Å²) in [6, 6.07) is 4.99. The Hall–Kier alpha value is -1.40. The van der Waals surface area contributed by atoms with Crippen LogP contribution >= 0.6 is 0 Å². The topological polar surface area (TPSA) is 63.7 Å². The first-order chi connectivity index (χ1) is 10.6. The Kier molecular flexibility index (Phi) is 5.16. The molecule has 3 atom stereocenters. The largest absolute Gasteiger partial charge is 0.372 e. The van der Waals surface area contributed by atoms with Crippen molar-refractivity contribution in [2.24, 2.45) is 0 Å². The summed E-state index contributed by atoms with van der Waals surface area (Å²) in [5.74, 6) is -0.356. The number of benzene rings is 1. The highest BCUT2D eigenvalue weighted by molar-refractivity contribution is 7.92.